The highest BCUT2D eigenvalue weighted by atomic mass is 19.4. The predicted molar refractivity (Wildman–Crippen MR) is 99.1 cm³/mol. The van der Waals surface area contributed by atoms with Gasteiger partial charge in [-0.1, -0.05) is 31.2 Å². The van der Waals surface area contributed by atoms with Crippen LogP contribution in [-0.4, -0.2) is 23.7 Å². The maximum absolute atomic E-state index is 12.3. The van der Waals surface area contributed by atoms with Crippen LogP contribution in [0, 0.1) is 0 Å². The molecule has 1 heterocycles. The van der Waals surface area contributed by atoms with Crippen molar-refractivity contribution in [3.8, 4) is 5.75 Å². The van der Waals surface area contributed by atoms with Gasteiger partial charge in [0.1, 0.15) is 5.75 Å². The molecule has 2 aromatic rings. The Labute approximate surface area is 162 Å². The summed E-state index contributed by atoms with van der Waals surface area (Å²) in [5, 5.41) is 2.86. The van der Waals surface area contributed by atoms with Crippen molar-refractivity contribution in [3.63, 3.8) is 0 Å². The molecule has 1 fully saturated rings. The van der Waals surface area contributed by atoms with Crippen LogP contribution in [0.1, 0.15) is 49.6 Å². The molecule has 1 atom stereocenters. The highest BCUT2D eigenvalue weighted by Crippen LogP contribution is 2.47. The maximum Gasteiger partial charge on any atom is 0.422 e. The fourth-order valence-corrected chi connectivity index (χ4v) is 2.95. The monoisotopic (exact) mass is 392 g/mol. The van der Waals surface area contributed by atoms with Crippen molar-refractivity contribution in [1.29, 1.82) is 0 Å². The van der Waals surface area contributed by atoms with Gasteiger partial charge in [0, 0.05) is 0 Å². The number of halogens is 3. The number of nitrogens with one attached hydrogen (secondary N) is 1. The van der Waals surface area contributed by atoms with E-state index in [1.54, 1.807) is 13.0 Å². The van der Waals surface area contributed by atoms with Crippen molar-refractivity contribution in [1.82, 2.24) is 10.3 Å². The number of alkyl halides is 3. The minimum absolute atomic E-state index is 0.0315. The number of hydrogen-bond acceptors (Lipinski definition) is 3. The summed E-state index contributed by atoms with van der Waals surface area (Å²) in [6.07, 6.45) is -0.502. The number of hydrogen-bond donors (Lipinski definition) is 1. The van der Waals surface area contributed by atoms with Crippen molar-refractivity contribution in [2.75, 3.05) is 6.61 Å². The van der Waals surface area contributed by atoms with Crippen LogP contribution in [0.2, 0.25) is 0 Å². The molecule has 0 aliphatic heterocycles. The lowest BCUT2D eigenvalue weighted by Gasteiger charge is -2.15. The molecule has 3 rings (SSSR count). The lowest BCUT2D eigenvalue weighted by molar-refractivity contribution is -0.153. The van der Waals surface area contributed by atoms with Gasteiger partial charge in [0.25, 0.3) is 0 Å². The first-order valence-corrected chi connectivity index (χ1v) is 9.19. The van der Waals surface area contributed by atoms with E-state index in [-0.39, 0.29) is 24.1 Å². The zero-order chi connectivity index (χ0) is 20.4. The molecule has 7 heteroatoms. The third-order valence-corrected chi connectivity index (χ3v) is 5.00. The minimum Gasteiger partial charge on any atom is -0.483 e. The van der Waals surface area contributed by atoms with Gasteiger partial charge in [-0.2, -0.15) is 13.2 Å². The number of carbonyl (C=O) groups is 1. The Kier molecular flexibility index (Phi) is 5.63. The van der Waals surface area contributed by atoms with Crippen LogP contribution >= 0.6 is 0 Å². The van der Waals surface area contributed by atoms with Gasteiger partial charge in [-0.15, -0.1) is 0 Å². The summed E-state index contributed by atoms with van der Waals surface area (Å²) < 4.78 is 41.1. The lowest BCUT2D eigenvalue weighted by Crippen LogP contribution is -2.28. The Morgan fingerprint density at radius 3 is 2.43 bits per heavy atom. The second-order valence-electron chi connectivity index (χ2n) is 7.55. The number of carbonyl (C=O) groups excluding carboxylic acids is 1. The van der Waals surface area contributed by atoms with E-state index in [1.165, 1.54) is 30.7 Å². The highest BCUT2D eigenvalue weighted by molar-refractivity contribution is 5.79. The van der Waals surface area contributed by atoms with Crippen LogP contribution < -0.4 is 10.1 Å². The molecule has 1 saturated carbocycles. The Morgan fingerprint density at radius 2 is 1.89 bits per heavy atom. The van der Waals surface area contributed by atoms with E-state index in [9.17, 15) is 18.0 Å². The zero-order valence-corrected chi connectivity index (χ0v) is 15.8. The molecule has 1 aromatic carbocycles. The van der Waals surface area contributed by atoms with Crippen molar-refractivity contribution >= 4 is 5.91 Å². The third-order valence-electron chi connectivity index (χ3n) is 5.00. The van der Waals surface area contributed by atoms with Crippen molar-refractivity contribution in [3.05, 3.63) is 59.4 Å². The number of nitrogens with zero attached hydrogens (tertiary/aromatic N) is 1. The van der Waals surface area contributed by atoms with Crippen LogP contribution in [-0.2, 0) is 16.6 Å². The molecule has 28 heavy (non-hydrogen) atoms. The van der Waals surface area contributed by atoms with Crippen LogP contribution in [0.3, 0.4) is 0 Å². The quantitative estimate of drug-likeness (QED) is 0.755. The lowest BCUT2D eigenvalue weighted by atomic mass is 9.96. The van der Waals surface area contributed by atoms with Gasteiger partial charge in [-0.05, 0) is 48.4 Å². The molecule has 1 aliphatic rings. The van der Waals surface area contributed by atoms with Crippen LogP contribution in [0.15, 0.2) is 42.6 Å². The first-order valence-electron chi connectivity index (χ1n) is 9.19. The minimum atomic E-state index is -4.39. The number of rotatable bonds is 7. The smallest absolute Gasteiger partial charge is 0.422 e. The SMILES string of the molecule is C[C@@H](NC(=O)Cc1ccc(C2(C)CC2)cc1)c1ccc(OCC(F)(F)F)cn1. The first kappa shape index (κ1) is 20.2. The van der Waals surface area contributed by atoms with Gasteiger partial charge in [0.05, 0.1) is 24.4 Å². The molecule has 1 N–H and O–H groups in total. The van der Waals surface area contributed by atoms with Crippen molar-refractivity contribution < 1.29 is 22.7 Å². The van der Waals surface area contributed by atoms with E-state index in [4.69, 9.17) is 0 Å². The van der Waals surface area contributed by atoms with Gasteiger partial charge in [0.15, 0.2) is 6.61 Å². The predicted octanol–water partition coefficient (Wildman–Crippen LogP) is 4.49. The standard InChI is InChI=1S/C21H23F3N2O2/c1-14(18-8-7-17(12-25-18)28-13-21(22,23)24)26-19(27)11-15-3-5-16(6-4-15)20(2)9-10-20/h3-8,12,14H,9-11,13H2,1-2H3,(H,26,27)/t14-/m1/s1. The molecule has 0 unspecified atom stereocenters. The number of aromatic nitrogens is 1. The van der Waals surface area contributed by atoms with E-state index in [2.05, 4.69) is 34.1 Å². The Bertz CT molecular complexity index is 813. The van der Waals surface area contributed by atoms with Gasteiger partial charge < -0.3 is 10.1 Å². The van der Waals surface area contributed by atoms with Crippen LogP contribution in [0.4, 0.5) is 13.2 Å². The molecule has 1 aromatic heterocycles. The summed E-state index contributed by atoms with van der Waals surface area (Å²) in [7, 11) is 0. The van der Waals surface area contributed by atoms with Gasteiger partial charge in [-0.25, -0.2) is 0 Å². The van der Waals surface area contributed by atoms with Crippen LogP contribution in [0.25, 0.3) is 0 Å². The van der Waals surface area contributed by atoms with Crippen molar-refractivity contribution in [2.45, 2.75) is 50.7 Å². The second kappa shape index (κ2) is 7.81. The van der Waals surface area contributed by atoms with E-state index >= 15 is 0 Å². The first-order chi connectivity index (χ1) is 13.1. The largest absolute Gasteiger partial charge is 0.483 e. The molecule has 4 nitrogen and oxygen atoms in total. The molecule has 0 radical (unpaired) electrons. The average molecular weight is 392 g/mol. The van der Waals surface area contributed by atoms with Gasteiger partial charge in [-0.3, -0.25) is 9.78 Å². The molecule has 150 valence electrons. The second-order valence-corrected chi connectivity index (χ2v) is 7.55. The zero-order valence-electron chi connectivity index (χ0n) is 15.8. The van der Waals surface area contributed by atoms with E-state index in [0.717, 1.165) is 5.56 Å². The van der Waals surface area contributed by atoms with Gasteiger partial charge in [0.2, 0.25) is 5.91 Å². The molecular weight excluding hydrogens is 369 g/mol. The van der Waals surface area contributed by atoms with E-state index in [0.29, 0.717) is 11.1 Å². The number of amides is 1. The molecule has 1 aliphatic carbocycles. The highest BCUT2D eigenvalue weighted by Gasteiger charge is 2.38. The Hall–Kier alpha value is -2.57. The molecule has 1 amide bonds. The average Bonchev–Trinajstić information content (AvgIpc) is 3.39. The number of pyridine rings is 1. The number of ether oxygens (including phenoxy) is 1. The summed E-state index contributed by atoms with van der Waals surface area (Å²) >= 11 is 0. The fraction of sp³-hybridized carbons (Fsp3) is 0.429. The summed E-state index contributed by atoms with van der Waals surface area (Å²) in [6, 6.07) is 10.7. The Morgan fingerprint density at radius 1 is 1.21 bits per heavy atom. The fourth-order valence-electron chi connectivity index (χ4n) is 2.95. The molecule has 0 spiro atoms. The topological polar surface area (TPSA) is 51.2 Å². The summed E-state index contributed by atoms with van der Waals surface area (Å²) in [5.74, 6) is -0.110. The summed E-state index contributed by atoms with van der Waals surface area (Å²) in [4.78, 5) is 16.4. The number of benzene rings is 1. The molecule has 0 saturated heterocycles. The normalized spacial score (nSPS) is 16.3. The molecular formula is C21H23F3N2O2. The summed E-state index contributed by atoms with van der Waals surface area (Å²) in [5.41, 5.74) is 3.09. The molecule has 0 bridgehead atoms. The van der Waals surface area contributed by atoms with Crippen molar-refractivity contribution in [2.24, 2.45) is 0 Å². The van der Waals surface area contributed by atoms with Crippen LogP contribution in [0.5, 0.6) is 5.75 Å². The maximum atomic E-state index is 12.3. The van der Waals surface area contributed by atoms with E-state index in [1.807, 2.05) is 12.1 Å². The van der Waals surface area contributed by atoms with Gasteiger partial charge >= 0.3 is 6.18 Å². The third kappa shape index (κ3) is 5.47. The Balaban J connectivity index is 1.51. The van der Waals surface area contributed by atoms with E-state index < -0.39 is 12.8 Å². The summed E-state index contributed by atoms with van der Waals surface area (Å²) in [6.45, 7) is 2.65.